The van der Waals surface area contributed by atoms with Gasteiger partial charge in [0.05, 0.1) is 6.04 Å². The summed E-state index contributed by atoms with van der Waals surface area (Å²) in [5, 5.41) is 14.4. The number of hydrogen-bond donors (Lipinski definition) is 2. The first kappa shape index (κ1) is 23.1. The molecule has 5 nitrogen and oxygen atoms in total. The van der Waals surface area contributed by atoms with E-state index in [1.165, 1.54) is 0 Å². The number of carboxylic acid groups (broad SMARTS) is 1. The third-order valence-corrected chi connectivity index (χ3v) is 5.78. The number of hydrogen-bond acceptors (Lipinski definition) is 3. The molecule has 2 N–H and O–H groups in total. The molecule has 0 aliphatic heterocycles. The Balaban J connectivity index is 1.60. The van der Waals surface area contributed by atoms with Crippen LogP contribution in [0.2, 0.25) is 0 Å². The molecule has 0 spiro atoms. The van der Waals surface area contributed by atoms with Crippen LogP contribution in [0.4, 0.5) is 0 Å². The van der Waals surface area contributed by atoms with Crippen LogP contribution in [0.3, 0.4) is 0 Å². The second-order valence-electron chi connectivity index (χ2n) is 8.24. The van der Waals surface area contributed by atoms with E-state index in [2.05, 4.69) is 23.5 Å². The molecule has 5 heteroatoms. The minimum Gasteiger partial charge on any atom is -0.481 e. The summed E-state index contributed by atoms with van der Waals surface area (Å²) in [5.41, 5.74) is 2.32. The van der Waals surface area contributed by atoms with Crippen LogP contribution in [0, 0.1) is 0 Å². The van der Waals surface area contributed by atoms with E-state index in [1.807, 2.05) is 73.7 Å². The minimum absolute atomic E-state index is 0.0513. The first-order valence-corrected chi connectivity index (χ1v) is 11.4. The fraction of sp³-hybridized carbons (Fsp3) is 0.172. The van der Waals surface area contributed by atoms with Gasteiger partial charge in [-0.15, -0.1) is 0 Å². The zero-order valence-electron chi connectivity index (χ0n) is 19.0. The first-order chi connectivity index (χ1) is 16.5. The molecule has 34 heavy (non-hydrogen) atoms. The van der Waals surface area contributed by atoms with Gasteiger partial charge in [0.25, 0.3) is 5.91 Å². The molecule has 4 aromatic carbocycles. The zero-order valence-corrected chi connectivity index (χ0v) is 19.0. The first-order valence-electron chi connectivity index (χ1n) is 11.4. The van der Waals surface area contributed by atoms with Crippen molar-refractivity contribution in [2.45, 2.75) is 32.2 Å². The van der Waals surface area contributed by atoms with Gasteiger partial charge < -0.3 is 15.2 Å². The highest BCUT2D eigenvalue weighted by Crippen LogP contribution is 2.27. The van der Waals surface area contributed by atoms with Gasteiger partial charge in [0.2, 0.25) is 0 Å². The van der Waals surface area contributed by atoms with Crippen LogP contribution in [-0.2, 0) is 11.2 Å². The lowest BCUT2D eigenvalue weighted by molar-refractivity contribution is -0.137. The largest absolute Gasteiger partial charge is 0.481 e. The summed E-state index contributed by atoms with van der Waals surface area (Å²) in [5.74, 6) is 0.164. The maximum Gasteiger partial charge on any atom is 0.303 e. The molecular weight excluding hydrogens is 426 g/mol. The molecule has 0 radical (unpaired) electrons. The Morgan fingerprint density at radius 2 is 1.62 bits per heavy atom. The lowest BCUT2D eigenvalue weighted by atomic mass is 9.98. The molecule has 0 bridgehead atoms. The van der Waals surface area contributed by atoms with Crippen molar-refractivity contribution in [2.75, 3.05) is 0 Å². The van der Waals surface area contributed by atoms with Gasteiger partial charge in [-0.1, -0.05) is 66.7 Å². The van der Waals surface area contributed by atoms with Crippen LogP contribution in [0.1, 0.15) is 47.3 Å². The van der Waals surface area contributed by atoms with E-state index >= 15 is 0 Å². The molecule has 0 saturated heterocycles. The van der Waals surface area contributed by atoms with Gasteiger partial charge in [0, 0.05) is 12.0 Å². The maximum atomic E-state index is 13.4. The zero-order chi connectivity index (χ0) is 23.9. The molecule has 0 aliphatic carbocycles. The van der Waals surface area contributed by atoms with E-state index in [0.29, 0.717) is 29.9 Å². The maximum absolute atomic E-state index is 13.4. The molecule has 1 amide bonds. The lowest BCUT2D eigenvalue weighted by Crippen LogP contribution is -2.27. The van der Waals surface area contributed by atoms with Gasteiger partial charge in [-0.05, 0) is 65.9 Å². The number of carbonyl (C=O) groups excluding carboxylic acids is 1. The van der Waals surface area contributed by atoms with Crippen LogP contribution in [0.15, 0.2) is 91.0 Å². The van der Waals surface area contributed by atoms with Gasteiger partial charge in [-0.25, -0.2) is 0 Å². The van der Waals surface area contributed by atoms with Crippen molar-refractivity contribution in [1.82, 2.24) is 5.32 Å². The Bertz CT molecular complexity index is 1290. The number of amides is 1. The molecule has 0 fully saturated rings. The number of benzene rings is 4. The smallest absolute Gasteiger partial charge is 0.303 e. The predicted octanol–water partition coefficient (Wildman–Crippen LogP) is 6.53. The van der Waals surface area contributed by atoms with Crippen molar-refractivity contribution in [2.24, 2.45) is 0 Å². The SMILES string of the molecule is CC(NC(=O)c1cc(Oc2ccccc2)ccc1CCCC(=O)O)c1cccc2ccccc12. The standard InChI is InChI=1S/C29H27NO4/c1-20(25-15-7-10-21-9-5-6-14-26(21)25)30-29(33)27-19-24(34-23-12-3-2-4-13-23)18-17-22(27)11-8-16-28(31)32/h2-7,9-10,12-15,17-20H,8,11,16H2,1H3,(H,30,33)(H,31,32). The van der Waals surface area contributed by atoms with E-state index in [-0.39, 0.29) is 18.4 Å². The quantitative estimate of drug-likeness (QED) is 0.302. The average molecular weight is 454 g/mol. The van der Waals surface area contributed by atoms with Crippen molar-refractivity contribution >= 4 is 22.6 Å². The second-order valence-corrected chi connectivity index (χ2v) is 8.24. The van der Waals surface area contributed by atoms with Crippen LogP contribution in [0.5, 0.6) is 11.5 Å². The van der Waals surface area contributed by atoms with Crippen LogP contribution in [0.25, 0.3) is 10.8 Å². The van der Waals surface area contributed by atoms with Crippen molar-refractivity contribution < 1.29 is 19.4 Å². The molecule has 1 atom stereocenters. The number of ether oxygens (including phenoxy) is 1. The Morgan fingerprint density at radius 1 is 0.882 bits per heavy atom. The summed E-state index contributed by atoms with van der Waals surface area (Å²) in [6, 6.07) is 28.7. The average Bonchev–Trinajstić information content (AvgIpc) is 2.84. The Hall–Kier alpha value is -4.12. The number of rotatable bonds is 9. The highest BCUT2D eigenvalue weighted by atomic mass is 16.5. The Morgan fingerprint density at radius 3 is 2.41 bits per heavy atom. The third-order valence-electron chi connectivity index (χ3n) is 5.78. The second kappa shape index (κ2) is 10.7. The van der Waals surface area contributed by atoms with Gasteiger partial charge in [-0.3, -0.25) is 9.59 Å². The summed E-state index contributed by atoms with van der Waals surface area (Å²) in [7, 11) is 0. The fourth-order valence-corrected chi connectivity index (χ4v) is 4.08. The number of aryl methyl sites for hydroxylation is 1. The number of carbonyl (C=O) groups is 2. The molecule has 4 rings (SSSR count). The summed E-state index contributed by atoms with van der Waals surface area (Å²) >= 11 is 0. The van der Waals surface area contributed by atoms with Crippen LogP contribution >= 0.6 is 0 Å². The molecule has 0 heterocycles. The Kier molecular flexibility index (Phi) is 7.23. The lowest BCUT2D eigenvalue weighted by Gasteiger charge is -2.19. The fourth-order valence-electron chi connectivity index (χ4n) is 4.08. The summed E-state index contributed by atoms with van der Waals surface area (Å²) in [6.07, 6.45) is 0.992. The van der Waals surface area contributed by atoms with E-state index in [0.717, 1.165) is 21.9 Å². The number of para-hydroxylation sites is 1. The highest BCUT2D eigenvalue weighted by Gasteiger charge is 2.18. The molecule has 172 valence electrons. The number of carboxylic acids is 1. The van der Waals surface area contributed by atoms with Crippen LogP contribution in [-0.4, -0.2) is 17.0 Å². The van der Waals surface area contributed by atoms with E-state index in [9.17, 15) is 9.59 Å². The monoisotopic (exact) mass is 453 g/mol. The van der Waals surface area contributed by atoms with Gasteiger partial charge in [0.1, 0.15) is 11.5 Å². The normalized spacial score (nSPS) is 11.7. The molecule has 0 aromatic heterocycles. The summed E-state index contributed by atoms with van der Waals surface area (Å²) in [6.45, 7) is 1.97. The van der Waals surface area contributed by atoms with Crippen molar-refractivity contribution in [3.63, 3.8) is 0 Å². The summed E-state index contributed by atoms with van der Waals surface area (Å²) in [4.78, 5) is 24.4. The number of nitrogens with one attached hydrogen (secondary N) is 1. The molecule has 1 unspecified atom stereocenters. The van der Waals surface area contributed by atoms with E-state index < -0.39 is 5.97 Å². The summed E-state index contributed by atoms with van der Waals surface area (Å²) < 4.78 is 5.94. The molecular formula is C29H27NO4. The van der Waals surface area contributed by atoms with E-state index in [4.69, 9.17) is 9.84 Å². The number of fused-ring (bicyclic) bond motifs is 1. The van der Waals surface area contributed by atoms with Gasteiger partial charge in [-0.2, -0.15) is 0 Å². The predicted molar refractivity (Wildman–Crippen MR) is 133 cm³/mol. The van der Waals surface area contributed by atoms with Crippen molar-refractivity contribution in [3.8, 4) is 11.5 Å². The molecule has 0 saturated carbocycles. The van der Waals surface area contributed by atoms with Crippen molar-refractivity contribution in [1.29, 1.82) is 0 Å². The van der Waals surface area contributed by atoms with Gasteiger partial charge in [0.15, 0.2) is 0 Å². The van der Waals surface area contributed by atoms with Crippen LogP contribution < -0.4 is 10.1 Å². The molecule has 4 aromatic rings. The van der Waals surface area contributed by atoms with Gasteiger partial charge >= 0.3 is 5.97 Å². The number of aliphatic carboxylic acids is 1. The minimum atomic E-state index is -0.848. The Labute approximate surface area is 199 Å². The van der Waals surface area contributed by atoms with Crippen molar-refractivity contribution in [3.05, 3.63) is 108 Å². The van der Waals surface area contributed by atoms with E-state index in [1.54, 1.807) is 6.07 Å². The molecule has 0 aliphatic rings. The highest BCUT2D eigenvalue weighted by molar-refractivity contribution is 5.97. The third kappa shape index (κ3) is 5.62. The topological polar surface area (TPSA) is 75.6 Å².